The molecule has 1 rings (SSSR count). The van der Waals surface area contributed by atoms with Crippen molar-refractivity contribution >= 4 is 0 Å². The van der Waals surface area contributed by atoms with Crippen molar-refractivity contribution in [2.24, 2.45) is 11.8 Å². The summed E-state index contributed by atoms with van der Waals surface area (Å²) < 4.78 is 0. The smallest absolute Gasteiger partial charge is 0.0545 e. The summed E-state index contributed by atoms with van der Waals surface area (Å²) in [6.45, 7) is 3.39. The second-order valence-electron chi connectivity index (χ2n) is 3.75. The molecule has 2 N–H and O–H groups in total. The van der Waals surface area contributed by atoms with E-state index < -0.39 is 0 Å². The normalized spacial score (nSPS) is 33.0. The Morgan fingerprint density at radius 3 is 2.64 bits per heavy atom. The van der Waals surface area contributed by atoms with E-state index in [0.717, 1.165) is 31.2 Å². The van der Waals surface area contributed by atoms with Gasteiger partial charge in [-0.2, -0.15) is 0 Å². The van der Waals surface area contributed by atoms with Crippen molar-refractivity contribution in [1.29, 1.82) is 0 Å². The van der Waals surface area contributed by atoms with Crippen LogP contribution in [-0.4, -0.2) is 24.8 Å². The maximum absolute atomic E-state index is 9.08. The lowest BCUT2D eigenvalue weighted by Crippen LogP contribution is -2.33. The minimum Gasteiger partial charge on any atom is -0.393 e. The highest BCUT2D eigenvalue weighted by Gasteiger charge is 2.30. The number of aliphatic hydroxyl groups is 1. The quantitative estimate of drug-likeness (QED) is 0.638. The Bertz CT molecular complexity index is 110. The molecule has 1 atom stereocenters. The van der Waals surface area contributed by atoms with Crippen LogP contribution >= 0.6 is 0 Å². The van der Waals surface area contributed by atoms with E-state index in [1.807, 2.05) is 7.05 Å². The van der Waals surface area contributed by atoms with Crippen LogP contribution in [0.4, 0.5) is 0 Å². The molecular weight excluding hydrogens is 138 g/mol. The summed E-state index contributed by atoms with van der Waals surface area (Å²) in [6.07, 6.45) is 3.32. The fraction of sp³-hybridized carbons (Fsp3) is 1.00. The highest BCUT2D eigenvalue weighted by atomic mass is 16.3. The summed E-state index contributed by atoms with van der Waals surface area (Å²) in [7, 11) is 1.99. The lowest BCUT2D eigenvalue weighted by Gasteiger charge is -2.36. The molecule has 1 saturated carbocycles. The molecule has 1 unspecified atom stereocenters. The Kier molecular flexibility index (Phi) is 3.34. The molecule has 0 heterocycles. The molecule has 0 saturated heterocycles. The van der Waals surface area contributed by atoms with E-state index in [1.165, 1.54) is 6.42 Å². The Morgan fingerprint density at radius 1 is 1.55 bits per heavy atom. The first-order valence-electron chi connectivity index (χ1n) is 4.56. The van der Waals surface area contributed by atoms with Crippen LogP contribution in [0.15, 0.2) is 0 Å². The molecule has 0 bridgehead atoms. The second kappa shape index (κ2) is 4.07. The predicted molar refractivity (Wildman–Crippen MR) is 46.4 cm³/mol. The monoisotopic (exact) mass is 157 g/mol. The van der Waals surface area contributed by atoms with Crippen LogP contribution in [0.5, 0.6) is 0 Å². The van der Waals surface area contributed by atoms with Crippen LogP contribution < -0.4 is 5.32 Å². The highest BCUT2D eigenvalue weighted by Crippen LogP contribution is 2.34. The highest BCUT2D eigenvalue weighted by molar-refractivity contribution is 4.82. The van der Waals surface area contributed by atoms with Crippen molar-refractivity contribution in [2.75, 3.05) is 13.6 Å². The molecule has 0 radical (unpaired) electrons. The summed E-state index contributed by atoms with van der Waals surface area (Å²) in [5.41, 5.74) is 0. The zero-order valence-corrected chi connectivity index (χ0v) is 7.51. The SMILES string of the molecule is CNCCC(C)[C@H]1C[C@H](O)C1. The molecule has 0 aromatic rings. The van der Waals surface area contributed by atoms with Crippen LogP contribution in [0.3, 0.4) is 0 Å². The number of rotatable bonds is 4. The molecule has 11 heavy (non-hydrogen) atoms. The standard InChI is InChI=1S/C9H19NO/c1-7(3-4-10-2)8-5-9(11)6-8/h7-11H,3-6H2,1-2H3/t7?,8-,9-. The van der Waals surface area contributed by atoms with Gasteiger partial charge in [-0.1, -0.05) is 6.92 Å². The molecule has 2 heteroatoms. The van der Waals surface area contributed by atoms with Gasteiger partial charge in [0.15, 0.2) is 0 Å². The average Bonchev–Trinajstić information content (AvgIpc) is 1.94. The van der Waals surface area contributed by atoms with Gasteiger partial charge in [0.25, 0.3) is 0 Å². The van der Waals surface area contributed by atoms with Crippen molar-refractivity contribution < 1.29 is 5.11 Å². The van der Waals surface area contributed by atoms with Gasteiger partial charge in [-0.15, -0.1) is 0 Å². The van der Waals surface area contributed by atoms with Crippen molar-refractivity contribution in [3.05, 3.63) is 0 Å². The summed E-state index contributed by atoms with van der Waals surface area (Å²) in [6, 6.07) is 0. The van der Waals surface area contributed by atoms with Gasteiger partial charge in [-0.3, -0.25) is 0 Å². The third-order valence-electron chi connectivity index (χ3n) is 2.80. The number of hydrogen-bond acceptors (Lipinski definition) is 2. The van der Waals surface area contributed by atoms with Gasteiger partial charge >= 0.3 is 0 Å². The molecule has 1 fully saturated rings. The summed E-state index contributed by atoms with van der Waals surface area (Å²) in [5.74, 6) is 1.57. The topological polar surface area (TPSA) is 32.3 Å². The minimum atomic E-state index is 0.0111. The third-order valence-corrected chi connectivity index (χ3v) is 2.80. The van der Waals surface area contributed by atoms with E-state index in [0.29, 0.717) is 0 Å². The summed E-state index contributed by atoms with van der Waals surface area (Å²) in [4.78, 5) is 0. The number of aliphatic hydroxyl groups excluding tert-OH is 1. The van der Waals surface area contributed by atoms with Crippen molar-refractivity contribution in [2.45, 2.75) is 32.3 Å². The van der Waals surface area contributed by atoms with Crippen LogP contribution in [0.25, 0.3) is 0 Å². The fourth-order valence-corrected chi connectivity index (χ4v) is 1.70. The van der Waals surface area contributed by atoms with Gasteiger partial charge in [0, 0.05) is 0 Å². The van der Waals surface area contributed by atoms with Gasteiger partial charge in [0.2, 0.25) is 0 Å². The molecule has 0 spiro atoms. The molecule has 1 aliphatic rings. The van der Waals surface area contributed by atoms with Gasteiger partial charge in [0.1, 0.15) is 0 Å². The van der Waals surface area contributed by atoms with E-state index >= 15 is 0 Å². The van der Waals surface area contributed by atoms with Crippen molar-refractivity contribution in [3.63, 3.8) is 0 Å². The molecule has 0 aromatic heterocycles. The van der Waals surface area contributed by atoms with E-state index in [-0.39, 0.29) is 6.10 Å². The first kappa shape index (κ1) is 9.01. The first-order valence-corrected chi connectivity index (χ1v) is 4.56. The first-order chi connectivity index (χ1) is 5.24. The van der Waals surface area contributed by atoms with Crippen LogP contribution in [0.2, 0.25) is 0 Å². The Balaban J connectivity index is 2.06. The molecule has 0 aliphatic heterocycles. The summed E-state index contributed by atoms with van der Waals surface area (Å²) in [5, 5.41) is 12.2. The lowest BCUT2D eigenvalue weighted by molar-refractivity contribution is 0.0164. The number of hydrogen-bond donors (Lipinski definition) is 2. The molecule has 0 amide bonds. The summed E-state index contributed by atoms with van der Waals surface area (Å²) >= 11 is 0. The average molecular weight is 157 g/mol. The van der Waals surface area contributed by atoms with Gasteiger partial charge < -0.3 is 10.4 Å². The molecule has 2 nitrogen and oxygen atoms in total. The van der Waals surface area contributed by atoms with Crippen LogP contribution in [-0.2, 0) is 0 Å². The maximum atomic E-state index is 9.08. The van der Waals surface area contributed by atoms with E-state index in [1.54, 1.807) is 0 Å². The van der Waals surface area contributed by atoms with Crippen LogP contribution in [0, 0.1) is 11.8 Å². The Labute approximate surface area is 69.0 Å². The third kappa shape index (κ3) is 2.46. The molecule has 66 valence electrons. The van der Waals surface area contributed by atoms with Crippen molar-refractivity contribution in [3.8, 4) is 0 Å². The van der Waals surface area contributed by atoms with E-state index in [2.05, 4.69) is 12.2 Å². The molecule has 0 aromatic carbocycles. The minimum absolute atomic E-state index is 0.0111. The number of nitrogens with one attached hydrogen (secondary N) is 1. The largest absolute Gasteiger partial charge is 0.393 e. The van der Waals surface area contributed by atoms with E-state index in [4.69, 9.17) is 5.11 Å². The Morgan fingerprint density at radius 2 is 2.18 bits per heavy atom. The Hall–Kier alpha value is -0.0800. The maximum Gasteiger partial charge on any atom is 0.0545 e. The van der Waals surface area contributed by atoms with Gasteiger partial charge in [0.05, 0.1) is 6.10 Å². The second-order valence-corrected chi connectivity index (χ2v) is 3.75. The van der Waals surface area contributed by atoms with Gasteiger partial charge in [-0.25, -0.2) is 0 Å². The lowest BCUT2D eigenvalue weighted by atomic mass is 9.73. The fourth-order valence-electron chi connectivity index (χ4n) is 1.70. The zero-order chi connectivity index (χ0) is 8.27. The van der Waals surface area contributed by atoms with Crippen LogP contribution in [0.1, 0.15) is 26.2 Å². The van der Waals surface area contributed by atoms with Gasteiger partial charge in [-0.05, 0) is 44.7 Å². The van der Waals surface area contributed by atoms with Crippen molar-refractivity contribution in [1.82, 2.24) is 5.32 Å². The van der Waals surface area contributed by atoms with E-state index in [9.17, 15) is 0 Å². The molecule has 1 aliphatic carbocycles. The predicted octanol–water partition coefficient (Wildman–Crippen LogP) is 1.00. The molecular formula is C9H19NO. The zero-order valence-electron chi connectivity index (χ0n) is 7.51.